The van der Waals surface area contributed by atoms with Gasteiger partial charge in [-0.2, -0.15) is 0 Å². The van der Waals surface area contributed by atoms with E-state index in [1.54, 1.807) is 72.8 Å². The summed E-state index contributed by atoms with van der Waals surface area (Å²) in [7, 11) is -3.13. The average Bonchev–Trinajstić information content (AvgIpc) is 3.10. The third-order valence-electron chi connectivity index (χ3n) is 6.94. The normalized spacial score (nSPS) is 20.5. The van der Waals surface area contributed by atoms with Gasteiger partial charge in [-0.3, -0.25) is 4.52 Å². The highest BCUT2D eigenvalue weighted by molar-refractivity contribution is 7.39. The molecule has 13 heteroatoms. The molecule has 0 aromatic heterocycles. The van der Waals surface area contributed by atoms with E-state index >= 15 is 0 Å². The van der Waals surface area contributed by atoms with Crippen molar-refractivity contribution >= 4 is 32.5 Å². The fraction of sp³-hybridized carbons (Fsp3) is 0.176. The van der Waals surface area contributed by atoms with Crippen LogP contribution in [0.4, 0.5) is 0 Å². The minimum Gasteiger partial charge on any atom is -0.459 e. The molecule has 0 spiro atoms. The highest BCUT2D eigenvalue weighted by Crippen LogP contribution is 2.37. The van der Waals surface area contributed by atoms with Crippen LogP contribution in [0.1, 0.15) is 41.4 Å². The van der Waals surface area contributed by atoms with Crippen LogP contribution in [0.3, 0.4) is 0 Å². The van der Waals surface area contributed by atoms with E-state index < -0.39 is 69.8 Å². The van der Waals surface area contributed by atoms with Gasteiger partial charge in [0.15, 0.2) is 18.3 Å². The summed E-state index contributed by atoms with van der Waals surface area (Å²) in [5.41, 5.74) is 0.554. The summed E-state index contributed by atoms with van der Waals surface area (Å²) in [6.07, 6.45) is -8.16. The van der Waals surface area contributed by atoms with Crippen molar-refractivity contribution in [3.63, 3.8) is 0 Å². The van der Waals surface area contributed by atoms with Crippen LogP contribution in [0.15, 0.2) is 121 Å². The Kier molecular flexibility index (Phi) is 11.4. The van der Waals surface area contributed by atoms with Crippen molar-refractivity contribution in [1.29, 1.82) is 0 Å². The Morgan fingerprint density at radius 3 is 1.30 bits per heavy atom. The molecule has 4 aromatic rings. The minimum atomic E-state index is -3.13. The maximum Gasteiger partial charge on any atom is 0.338 e. The Bertz CT molecular complexity index is 1640. The van der Waals surface area contributed by atoms with Gasteiger partial charge >= 0.3 is 32.5 Å². The van der Waals surface area contributed by atoms with Gasteiger partial charge in [0, 0.05) is 0 Å². The SMILES string of the molecule is O=C(OC[C@H]1OC(OP(O)O)[C@H](OC(=O)c2ccccc2)[C@@H](OC(=O)c2ccccc2)[C@@H]1OC(=O)c1ccccc1)c1ccccc1. The van der Waals surface area contributed by atoms with Crippen molar-refractivity contribution in [3.05, 3.63) is 144 Å². The summed E-state index contributed by atoms with van der Waals surface area (Å²) in [5.74, 6) is -3.41. The first-order valence-corrected chi connectivity index (χ1v) is 15.5. The third kappa shape index (κ3) is 8.85. The van der Waals surface area contributed by atoms with Crippen LogP contribution >= 0.6 is 8.60 Å². The molecule has 0 amide bonds. The first-order valence-electron chi connectivity index (χ1n) is 14.3. The molecule has 5 rings (SSSR count). The van der Waals surface area contributed by atoms with Crippen LogP contribution in [0, 0.1) is 0 Å². The first-order chi connectivity index (χ1) is 22.8. The Morgan fingerprint density at radius 1 is 0.532 bits per heavy atom. The molecule has 1 saturated heterocycles. The maximum atomic E-state index is 13.4. The topological polar surface area (TPSA) is 164 Å². The van der Waals surface area contributed by atoms with Gasteiger partial charge in [0.05, 0.1) is 22.3 Å². The van der Waals surface area contributed by atoms with E-state index in [0.29, 0.717) is 0 Å². The molecule has 1 heterocycles. The van der Waals surface area contributed by atoms with Crippen molar-refractivity contribution in [2.24, 2.45) is 0 Å². The van der Waals surface area contributed by atoms with Crippen LogP contribution in [0.25, 0.3) is 0 Å². The lowest BCUT2D eigenvalue weighted by molar-refractivity contribution is -0.276. The van der Waals surface area contributed by atoms with Gasteiger partial charge < -0.3 is 33.5 Å². The van der Waals surface area contributed by atoms with E-state index in [9.17, 15) is 29.0 Å². The molecule has 1 fully saturated rings. The number of carbonyl (C=O) groups is 4. The second kappa shape index (κ2) is 16.0. The molecule has 12 nitrogen and oxygen atoms in total. The Labute approximate surface area is 270 Å². The summed E-state index contributed by atoms with van der Waals surface area (Å²) in [6, 6.07) is 31.6. The largest absolute Gasteiger partial charge is 0.459 e. The van der Waals surface area contributed by atoms with Crippen molar-refractivity contribution in [3.8, 4) is 0 Å². The van der Waals surface area contributed by atoms with Crippen molar-refractivity contribution in [2.75, 3.05) is 6.61 Å². The van der Waals surface area contributed by atoms with Crippen LogP contribution < -0.4 is 0 Å². The van der Waals surface area contributed by atoms with Gasteiger partial charge in [0.2, 0.25) is 6.29 Å². The number of hydrogen-bond donors (Lipinski definition) is 2. The molecule has 0 aliphatic carbocycles. The fourth-order valence-electron chi connectivity index (χ4n) is 4.71. The van der Waals surface area contributed by atoms with E-state index in [-0.39, 0.29) is 22.3 Å². The molecule has 2 N–H and O–H groups in total. The number of hydrogen-bond acceptors (Lipinski definition) is 12. The van der Waals surface area contributed by atoms with Gasteiger partial charge in [-0.05, 0) is 48.5 Å². The molecule has 0 saturated carbocycles. The first kappa shape index (κ1) is 33.4. The van der Waals surface area contributed by atoms with Crippen LogP contribution in [-0.4, -0.2) is 71.0 Å². The minimum absolute atomic E-state index is 0.103. The molecular formula is C34H29O12P. The molecule has 0 bridgehead atoms. The monoisotopic (exact) mass is 660 g/mol. The van der Waals surface area contributed by atoms with Crippen LogP contribution in [0.5, 0.6) is 0 Å². The summed E-state index contributed by atoms with van der Waals surface area (Å²) in [5, 5.41) is 0. The lowest BCUT2D eigenvalue weighted by Gasteiger charge is -2.44. The van der Waals surface area contributed by atoms with E-state index in [1.165, 1.54) is 48.5 Å². The molecule has 47 heavy (non-hydrogen) atoms. The fourth-order valence-corrected chi connectivity index (χ4v) is 5.06. The summed E-state index contributed by atoms with van der Waals surface area (Å²) < 4.78 is 34.1. The molecule has 1 aliphatic heterocycles. The number of rotatable bonds is 11. The maximum absolute atomic E-state index is 13.4. The predicted octanol–water partition coefficient (Wildman–Crippen LogP) is 4.47. The van der Waals surface area contributed by atoms with Crippen LogP contribution in [0.2, 0.25) is 0 Å². The molecule has 4 aromatic carbocycles. The number of carbonyl (C=O) groups excluding carboxylic acids is 4. The van der Waals surface area contributed by atoms with Gasteiger partial charge in [0.25, 0.3) is 0 Å². The zero-order valence-electron chi connectivity index (χ0n) is 24.6. The van der Waals surface area contributed by atoms with Gasteiger partial charge in [-0.1, -0.05) is 72.8 Å². The van der Waals surface area contributed by atoms with Gasteiger partial charge in [0.1, 0.15) is 12.7 Å². The van der Waals surface area contributed by atoms with Crippen molar-refractivity contribution in [1.82, 2.24) is 0 Å². The molecule has 1 unspecified atom stereocenters. The smallest absolute Gasteiger partial charge is 0.338 e. The highest BCUT2D eigenvalue weighted by atomic mass is 31.2. The lowest BCUT2D eigenvalue weighted by atomic mass is 9.97. The number of benzene rings is 4. The predicted molar refractivity (Wildman–Crippen MR) is 165 cm³/mol. The average molecular weight is 661 g/mol. The zero-order valence-corrected chi connectivity index (χ0v) is 25.5. The second-order valence-corrected chi connectivity index (χ2v) is 10.8. The van der Waals surface area contributed by atoms with E-state index in [2.05, 4.69) is 0 Å². The molecule has 0 radical (unpaired) electrons. The molecular weight excluding hydrogens is 631 g/mol. The van der Waals surface area contributed by atoms with Crippen molar-refractivity contribution in [2.45, 2.75) is 30.7 Å². The summed E-state index contributed by atoms with van der Waals surface area (Å²) in [6.45, 7) is -0.576. The van der Waals surface area contributed by atoms with E-state index in [0.717, 1.165) is 0 Å². The molecule has 242 valence electrons. The Balaban J connectivity index is 1.54. The summed E-state index contributed by atoms with van der Waals surface area (Å²) >= 11 is 0. The number of ether oxygens (including phenoxy) is 5. The second-order valence-electron chi connectivity index (χ2n) is 10.1. The summed E-state index contributed by atoms with van der Waals surface area (Å²) in [4.78, 5) is 72.6. The van der Waals surface area contributed by atoms with Crippen molar-refractivity contribution < 1.29 is 57.2 Å². The Hall–Kier alpha value is -4.97. The van der Waals surface area contributed by atoms with Crippen LogP contribution in [-0.2, 0) is 28.2 Å². The van der Waals surface area contributed by atoms with Gasteiger partial charge in [-0.25, -0.2) is 19.2 Å². The highest BCUT2D eigenvalue weighted by Gasteiger charge is 2.54. The van der Waals surface area contributed by atoms with E-state index in [4.69, 9.17) is 28.2 Å². The lowest BCUT2D eigenvalue weighted by Crippen LogP contribution is -2.62. The third-order valence-corrected chi connectivity index (χ3v) is 7.33. The molecule has 5 atom stereocenters. The number of esters is 4. The van der Waals surface area contributed by atoms with Gasteiger partial charge in [-0.15, -0.1) is 0 Å². The zero-order chi connectivity index (χ0) is 33.2. The van der Waals surface area contributed by atoms with E-state index in [1.807, 2.05) is 0 Å². The standard InChI is InChI=1S/C34H29O12P/c35-30(22-13-5-1-6-14-22)41-21-26-27(43-31(36)23-15-7-2-8-16-23)28(44-32(37)24-17-9-3-10-18-24)29(34(42-26)46-47(39)40)45-33(38)25-19-11-4-12-20-25/h1-20,26-29,34,39-40H,21H2/t26-,27-,28+,29-,34?/m1/s1. The quantitative estimate of drug-likeness (QED) is 0.132. The molecule has 1 aliphatic rings. The Morgan fingerprint density at radius 2 is 0.894 bits per heavy atom.